The van der Waals surface area contributed by atoms with Gasteiger partial charge >= 0.3 is 12.0 Å². The molecule has 27 heavy (non-hydrogen) atoms. The Morgan fingerprint density at radius 2 is 1.96 bits per heavy atom. The van der Waals surface area contributed by atoms with Crippen LogP contribution >= 0.6 is 11.8 Å². The molecule has 0 radical (unpaired) electrons. The molecule has 9 heteroatoms. The molecule has 1 aromatic rings. The molecule has 1 fully saturated rings. The van der Waals surface area contributed by atoms with Crippen LogP contribution in [0.25, 0.3) is 0 Å². The second kappa shape index (κ2) is 9.18. The number of hydrogen-bond donors (Lipinski definition) is 2. The molecule has 2 amide bonds. The van der Waals surface area contributed by atoms with Crippen LogP contribution in [0, 0.1) is 0 Å². The Balaban J connectivity index is 1.46. The number of nitrogens with zero attached hydrogens (tertiary/aromatic N) is 2. The molecule has 2 N–H and O–H groups in total. The second-order valence-electron chi connectivity index (χ2n) is 6.57. The van der Waals surface area contributed by atoms with Gasteiger partial charge in [0.2, 0.25) is 6.79 Å². The summed E-state index contributed by atoms with van der Waals surface area (Å²) in [5, 5.41) is 11.9. The standard InChI is InChI=1S/C18H25N3O5S/c1-27-9-4-14(17(22)23)19-18(24)21-7-5-20(6-8-21)11-13-2-3-15-16(10-13)26-12-25-15/h2-3,10,14H,4-9,11-12H2,1H3,(H,19,24)(H,22,23). The number of hydrogen-bond acceptors (Lipinski definition) is 6. The van der Waals surface area contributed by atoms with E-state index in [-0.39, 0.29) is 12.8 Å². The monoisotopic (exact) mass is 395 g/mol. The summed E-state index contributed by atoms with van der Waals surface area (Å²) in [7, 11) is 0. The Hall–Kier alpha value is -2.13. The molecule has 1 saturated heterocycles. The first kappa shape index (κ1) is 19.6. The van der Waals surface area contributed by atoms with Crippen molar-refractivity contribution in [2.45, 2.75) is 19.0 Å². The lowest BCUT2D eigenvalue weighted by Gasteiger charge is -2.35. The largest absolute Gasteiger partial charge is 0.480 e. The van der Waals surface area contributed by atoms with Gasteiger partial charge in [0.15, 0.2) is 11.5 Å². The number of fused-ring (bicyclic) bond motifs is 1. The number of carbonyl (C=O) groups excluding carboxylic acids is 1. The number of piperazine rings is 1. The van der Waals surface area contributed by atoms with Gasteiger partial charge in [0.25, 0.3) is 0 Å². The maximum Gasteiger partial charge on any atom is 0.326 e. The Labute approximate surface area is 162 Å². The summed E-state index contributed by atoms with van der Waals surface area (Å²) in [5.74, 6) is 1.25. The van der Waals surface area contributed by atoms with Crippen LogP contribution in [0.5, 0.6) is 11.5 Å². The lowest BCUT2D eigenvalue weighted by Crippen LogP contribution is -2.54. The van der Waals surface area contributed by atoms with Crippen molar-refractivity contribution < 1.29 is 24.2 Å². The van der Waals surface area contributed by atoms with E-state index in [9.17, 15) is 14.7 Å². The smallest absolute Gasteiger partial charge is 0.326 e. The summed E-state index contributed by atoms with van der Waals surface area (Å²) in [6.45, 7) is 3.67. The second-order valence-corrected chi connectivity index (χ2v) is 7.56. The van der Waals surface area contributed by atoms with Gasteiger partial charge in [-0.1, -0.05) is 6.07 Å². The van der Waals surface area contributed by atoms with Crippen molar-refractivity contribution in [2.75, 3.05) is 45.0 Å². The molecule has 0 saturated carbocycles. The Bertz CT molecular complexity index is 679. The van der Waals surface area contributed by atoms with E-state index >= 15 is 0 Å². The third kappa shape index (κ3) is 5.20. The van der Waals surface area contributed by atoms with E-state index in [1.54, 1.807) is 16.7 Å². The van der Waals surface area contributed by atoms with Gasteiger partial charge in [-0.2, -0.15) is 11.8 Å². The van der Waals surface area contributed by atoms with E-state index in [0.717, 1.165) is 36.7 Å². The third-order valence-electron chi connectivity index (χ3n) is 4.71. The fourth-order valence-corrected chi connectivity index (χ4v) is 3.61. The molecule has 0 spiro atoms. The predicted octanol–water partition coefficient (Wildman–Crippen LogP) is 1.45. The van der Waals surface area contributed by atoms with Crippen LogP contribution in [-0.2, 0) is 11.3 Å². The first-order chi connectivity index (χ1) is 13.1. The molecule has 2 aliphatic heterocycles. The molecule has 1 unspecified atom stereocenters. The van der Waals surface area contributed by atoms with Crippen molar-refractivity contribution in [3.05, 3.63) is 23.8 Å². The zero-order valence-electron chi connectivity index (χ0n) is 15.3. The van der Waals surface area contributed by atoms with E-state index in [1.807, 2.05) is 24.5 Å². The number of carboxylic acid groups (broad SMARTS) is 1. The van der Waals surface area contributed by atoms with E-state index in [1.165, 1.54) is 0 Å². The number of aliphatic carboxylic acids is 1. The highest BCUT2D eigenvalue weighted by atomic mass is 32.2. The number of rotatable bonds is 7. The number of nitrogens with one attached hydrogen (secondary N) is 1. The van der Waals surface area contributed by atoms with Gasteiger partial charge in [0.1, 0.15) is 6.04 Å². The average molecular weight is 395 g/mol. The van der Waals surface area contributed by atoms with Gasteiger partial charge in [-0.15, -0.1) is 0 Å². The van der Waals surface area contributed by atoms with Gasteiger partial charge < -0.3 is 24.8 Å². The zero-order chi connectivity index (χ0) is 19.2. The highest BCUT2D eigenvalue weighted by molar-refractivity contribution is 7.98. The summed E-state index contributed by atoms with van der Waals surface area (Å²) in [5.41, 5.74) is 1.14. The number of ether oxygens (including phenoxy) is 2. The van der Waals surface area contributed by atoms with Crippen LogP contribution in [0.2, 0.25) is 0 Å². The maximum atomic E-state index is 12.4. The number of carboxylic acids is 1. The van der Waals surface area contributed by atoms with Gasteiger partial charge in [0, 0.05) is 32.7 Å². The van der Waals surface area contributed by atoms with Crippen molar-refractivity contribution >= 4 is 23.8 Å². The number of carbonyl (C=O) groups is 2. The Kier molecular flexibility index (Phi) is 6.68. The van der Waals surface area contributed by atoms with Gasteiger partial charge in [-0.3, -0.25) is 4.90 Å². The van der Waals surface area contributed by atoms with Crippen molar-refractivity contribution in [1.82, 2.24) is 15.1 Å². The number of thioether (sulfide) groups is 1. The highest BCUT2D eigenvalue weighted by Crippen LogP contribution is 2.32. The molecule has 0 aliphatic carbocycles. The normalized spacial score (nSPS) is 17.6. The summed E-state index contributed by atoms with van der Waals surface area (Å²) in [6, 6.07) is 4.80. The number of amides is 2. The molecule has 3 rings (SSSR count). The minimum absolute atomic E-state index is 0.265. The number of urea groups is 1. The van der Waals surface area contributed by atoms with Crippen LogP contribution in [0.15, 0.2) is 18.2 Å². The van der Waals surface area contributed by atoms with Gasteiger partial charge in [-0.25, -0.2) is 9.59 Å². The summed E-state index contributed by atoms with van der Waals surface area (Å²) in [4.78, 5) is 27.6. The first-order valence-corrected chi connectivity index (χ1v) is 10.3. The van der Waals surface area contributed by atoms with Crippen LogP contribution in [0.4, 0.5) is 4.79 Å². The zero-order valence-corrected chi connectivity index (χ0v) is 16.2. The fraction of sp³-hybridized carbons (Fsp3) is 0.556. The SMILES string of the molecule is CSCCC(NC(=O)N1CCN(Cc2ccc3c(c2)OCO3)CC1)C(=O)O. The quantitative estimate of drug-likeness (QED) is 0.722. The molecule has 1 aromatic carbocycles. The van der Waals surface area contributed by atoms with Crippen LogP contribution < -0.4 is 14.8 Å². The molecule has 2 heterocycles. The Morgan fingerprint density at radius 3 is 2.67 bits per heavy atom. The molecule has 2 aliphatic rings. The van der Waals surface area contributed by atoms with Gasteiger partial charge in [-0.05, 0) is 36.1 Å². The molecular formula is C18H25N3O5S. The van der Waals surface area contributed by atoms with E-state index in [2.05, 4.69) is 10.2 Å². The molecular weight excluding hydrogens is 370 g/mol. The Morgan fingerprint density at radius 1 is 1.22 bits per heavy atom. The minimum Gasteiger partial charge on any atom is -0.480 e. The highest BCUT2D eigenvalue weighted by Gasteiger charge is 2.26. The summed E-state index contributed by atoms with van der Waals surface area (Å²) < 4.78 is 10.7. The fourth-order valence-electron chi connectivity index (χ4n) is 3.14. The minimum atomic E-state index is -0.987. The lowest BCUT2D eigenvalue weighted by molar-refractivity contribution is -0.139. The van der Waals surface area contributed by atoms with Crippen LogP contribution in [0.1, 0.15) is 12.0 Å². The van der Waals surface area contributed by atoms with E-state index in [4.69, 9.17) is 9.47 Å². The first-order valence-electron chi connectivity index (χ1n) is 8.95. The third-order valence-corrected chi connectivity index (χ3v) is 5.35. The van der Waals surface area contributed by atoms with E-state index in [0.29, 0.717) is 25.3 Å². The molecule has 0 bridgehead atoms. The lowest BCUT2D eigenvalue weighted by atomic mass is 10.1. The van der Waals surface area contributed by atoms with Crippen molar-refractivity contribution in [3.63, 3.8) is 0 Å². The molecule has 148 valence electrons. The molecule has 1 atom stereocenters. The van der Waals surface area contributed by atoms with Crippen molar-refractivity contribution in [2.24, 2.45) is 0 Å². The van der Waals surface area contributed by atoms with Crippen molar-refractivity contribution in [3.8, 4) is 11.5 Å². The van der Waals surface area contributed by atoms with E-state index < -0.39 is 12.0 Å². The maximum absolute atomic E-state index is 12.4. The molecule has 0 aromatic heterocycles. The van der Waals surface area contributed by atoms with Gasteiger partial charge in [0.05, 0.1) is 0 Å². The molecule has 8 nitrogen and oxygen atoms in total. The summed E-state index contributed by atoms with van der Waals surface area (Å²) in [6.07, 6.45) is 2.34. The number of benzene rings is 1. The van der Waals surface area contributed by atoms with Crippen LogP contribution in [-0.4, -0.2) is 77.9 Å². The summed E-state index contributed by atoms with van der Waals surface area (Å²) >= 11 is 1.57. The predicted molar refractivity (Wildman–Crippen MR) is 102 cm³/mol. The van der Waals surface area contributed by atoms with Crippen molar-refractivity contribution in [1.29, 1.82) is 0 Å². The topological polar surface area (TPSA) is 91.3 Å². The van der Waals surface area contributed by atoms with Crippen LogP contribution in [0.3, 0.4) is 0 Å². The average Bonchev–Trinajstić information content (AvgIpc) is 3.13.